The van der Waals surface area contributed by atoms with Crippen LogP contribution in [0.15, 0.2) is 36.9 Å². The normalized spacial score (nSPS) is 12.5. The summed E-state index contributed by atoms with van der Waals surface area (Å²) in [7, 11) is 0. The van der Waals surface area contributed by atoms with E-state index in [2.05, 4.69) is 41.3 Å². The first-order chi connectivity index (χ1) is 6.25. The highest BCUT2D eigenvalue weighted by Crippen LogP contribution is 2.21. The molecule has 1 unspecified atom stereocenters. The van der Waals surface area contributed by atoms with Gasteiger partial charge in [0.15, 0.2) is 0 Å². The summed E-state index contributed by atoms with van der Waals surface area (Å²) in [6, 6.07) is 8.39. The molecule has 1 nitrogen and oxygen atoms in total. The molecule has 0 saturated heterocycles. The van der Waals surface area contributed by atoms with E-state index < -0.39 is 0 Å². The summed E-state index contributed by atoms with van der Waals surface area (Å²) in [5.74, 6) is 0. The van der Waals surface area contributed by atoms with Crippen molar-refractivity contribution < 1.29 is 0 Å². The van der Waals surface area contributed by atoms with Gasteiger partial charge in [-0.1, -0.05) is 24.3 Å². The summed E-state index contributed by atoms with van der Waals surface area (Å²) in [6.45, 7) is 3.69. The van der Waals surface area contributed by atoms with Crippen molar-refractivity contribution in [2.24, 2.45) is 5.73 Å². The van der Waals surface area contributed by atoms with Crippen LogP contribution in [-0.4, -0.2) is 0 Å². The fourth-order valence-corrected chi connectivity index (χ4v) is 2.02. The van der Waals surface area contributed by atoms with Gasteiger partial charge in [-0.3, -0.25) is 0 Å². The van der Waals surface area contributed by atoms with Crippen molar-refractivity contribution in [1.29, 1.82) is 0 Å². The van der Waals surface area contributed by atoms with Crippen molar-refractivity contribution >= 4 is 22.6 Å². The first-order valence-electron chi connectivity index (χ1n) is 4.36. The number of hydrogen-bond donors (Lipinski definition) is 1. The Balaban J connectivity index is 2.70. The van der Waals surface area contributed by atoms with Crippen molar-refractivity contribution in [3.05, 3.63) is 46.1 Å². The van der Waals surface area contributed by atoms with Crippen LogP contribution in [0.4, 0.5) is 0 Å². The summed E-state index contributed by atoms with van der Waals surface area (Å²) in [4.78, 5) is 0. The molecule has 1 rings (SSSR count). The second-order valence-electron chi connectivity index (χ2n) is 2.99. The summed E-state index contributed by atoms with van der Waals surface area (Å²) in [6.07, 6.45) is 3.87. The van der Waals surface area contributed by atoms with Crippen molar-refractivity contribution in [3.63, 3.8) is 0 Å². The van der Waals surface area contributed by atoms with Gasteiger partial charge in [0.1, 0.15) is 0 Å². The molecule has 0 amide bonds. The Labute approximate surface area is 93.2 Å². The summed E-state index contributed by atoms with van der Waals surface area (Å²) >= 11 is 2.32. The molecule has 2 N–H and O–H groups in total. The lowest BCUT2D eigenvalue weighted by Crippen LogP contribution is -2.11. The zero-order valence-corrected chi connectivity index (χ0v) is 9.70. The topological polar surface area (TPSA) is 26.0 Å². The molecule has 1 atom stereocenters. The van der Waals surface area contributed by atoms with Crippen molar-refractivity contribution in [2.45, 2.75) is 18.9 Å². The summed E-state index contributed by atoms with van der Waals surface area (Å²) in [5, 5.41) is 0. The SMILES string of the molecule is C=CCCC(N)c1ccccc1I. The van der Waals surface area contributed by atoms with Crippen molar-refractivity contribution in [3.8, 4) is 0 Å². The number of allylic oxidation sites excluding steroid dienone is 1. The minimum Gasteiger partial charge on any atom is -0.324 e. The van der Waals surface area contributed by atoms with Gasteiger partial charge >= 0.3 is 0 Å². The predicted molar refractivity (Wildman–Crippen MR) is 65.5 cm³/mol. The van der Waals surface area contributed by atoms with Gasteiger partial charge in [-0.05, 0) is 47.1 Å². The van der Waals surface area contributed by atoms with Crippen LogP contribution in [0.5, 0.6) is 0 Å². The predicted octanol–water partition coefficient (Wildman–Crippen LogP) is 3.26. The number of benzene rings is 1. The first-order valence-corrected chi connectivity index (χ1v) is 5.44. The minimum atomic E-state index is 0.145. The van der Waals surface area contributed by atoms with Gasteiger partial charge in [-0.15, -0.1) is 6.58 Å². The molecule has 1 aromatic carbocycles. The van der Waals surface area contributed by atoms with Crippen molar-refractivity contribution in [2.75, 3.05) is 0 Å². The molecule has 13 heavy (non-hydrogen) atoms. The molecule has 0 aliphatic carbocycles. The number of rotatable bonds is 4. The van der Waals surface area contributed by atoms with Crippen LogP contribution >= 0.6 is 22.6 Å². The van der Waals surface area contributed by atoms with Crippen LogP contribution < -0.4 is 5.73 Å². The van der Waals surface area contributed by atoms with E-state index in [9.17, 15) is 0 Å². The van der Waals surface area contributed by atoms with E-state index in [1.165, 1.54) is 9.13 Å². The Morgan fingerprint density at radius 1 is 1.46 bits per heavy atom. The molecule has 0 saturated carbocycles. The van der Waals surface area contributed by atoms with Gasteiger partial charge in [0, 0.05) is 9.61 Å². The van der Waals surface area contributed by atoms with E-state index in [4.69, 9.17) is 5.73 Å². The van der Waals surface area contributed by atoms with E-state index in [-0.39, 0.29) is 6.04 Å². The molecule has 0 aliphatic rings. The van der Waals surface area contributed by atoms with E-state index in [0.717, 1.165) is 12.8 Å². The number of halogens is 1. The van der Waals surface area contributed by atoms with Gasteiger partial charge in [0.25, 0.3) is 0 Å². The third-order valence-electron chi connectivity index (χ3n) is 1.99. The summed E-state index contributed by atoms with van der Waals surface area (Å²) in [5.41, 5.74) is 7.27. The molecular weight excluding hydrogens is 273 g/mol. The van der Waals surface area contributed by atoms with E-state index in [1.807, 2.05) is 18.2 Å². The Kier molecular flexibility index (Phi) is 4.45. The molecular formula is C11H14IN. The third-order valence-corrected chi connectivity index (χ3v) is 2.97. The molecule has 0 heterocycles. The molecule has 0 radical (unpaired) electrons. The lowest BCUT2D eigenvalue weighted by molar-refractivity contribution is 0.658. The maximum Gasteiger partial charge on any atom is 0.0308 e. The van der Waals surface area contributed by atoms with Gasteiger partial charge in [-0.25, -0.2) is 0 Å². The third kappa shape index (κ3) is 3.12. The van der Waals surface area contributed by atoms with Gasteiger partial charge in [0.05, 0.1) is 0 Å². The fourth-order valence-electron chi connectivity index (χ4n) is 1.23. The highest BCUT2D eigenvalue weighted by atomic mass is 127. The van der Waals surface area contributed by atoms with Crippen molar-refractivity contribution in [1.82, 2.24) is 0 Å². The molecule has 0 bridgehead atoms. The van der Waals surface area contributed by atoms with Gasteiger partial charge < -0.3 is 5.73 Å². The average molecular weight is 287 g/mol. The van der Waals surface area contributed by atoms with E-state index in [1.54, 1.807) is 0 Å². The Hall–Kier alpha value is -0.350. The Morgan fingerprint density at radius 2 is 2.15 bits per heavy atom. The fraction of sp³-hybridized carbons (Fsp3) is 0.273. The molecule has 0 fully saturated rings. The molecule has 70 valence electrons. The second kappa shape index (κ2) is 5.40. The summed E-state index contributed by atoms with van der Waals surface area (Å²) < 4.78 is 1.25. The standard InChI is InChI=1S/C11H14IN/c1-2-3-8-11(13)9-6-4-5-7-10(9)12/h2,4-7,11H,1,3,8,13H2. The lowest BCUT2D eigenvalue weighted by Gasteiger charge is -2.12. The molecule has 0 aromatic heterocycles. The highest BCUT2D eigenvalue weighted by molar-refractivity contribution is 14.1. The quantitative estimate of drug-likeness (QED) is 0.667. The Bertz CT molecular complexity index is 283. The van der Waals surface area contributed by atoms with Crippen LogP contribution in [0.3, 0.4) is 0 Å². The molecule has 2 heteroatoms. The van der Waals surface area contributed by atoms with Crippen LogP contribution in [0.1, 0.15) is 24.4 Å². The van der Waals surface area contributed by atoms with Crippen LogP contribution in [0, 0.1) is 3.57 Å². The lowest BCUT2D eigenvalue weighted by atomic mass is 10.0. The first kappa shape index (κ1) is 10.7. The van der Waals surface area contributed by atoms with Crippen LogP contribution in [0.2, 0.25) is 0 Å². The minimum absolute atomic E-state index is 0.145. The second-order valence-corrected chi connectivity index (χ2v) is 4.16. The number of hydrogen-bond acceptors (Lipinski definition) is 1. The molecule has 0 aliphatic heterocycles. The Morgan fingerprint density at radius 3 is 2.77 bits per heavy atom. The van der Waals surface area contributed by atoms with Gasteiger partial charge in [0.2, 0.25) is 0 Å². The van der Waals surface area contributed by atoms with E-state index in [0.29, 0.717) is 0 Å². The zero-order valence-electron chi connectivity index (χ0n) is 7.54. The largest absolute Gasteiger partial charge is 0.324 e. The van der Waals surface area contributed by atoms with Gasteiger partial charge in [-0.2, -0.15) is 0 Å². The van der Waals surface area contributed by atoms with Crippen LogP contribution in [-0.2, 0) is 0 Å². The monoisotopic (exact) mass is 287 g/mol. The number of nitrogens with two attached hydrogens (primary N) is 1. The van der Waals surface area contributed by atoms with Crippen LogP contribution in [0.25, 0.3) is 0 Å². The average Bonchev–Trinajstić information content (AvgIpc) is 2.15. The zero-order chi connectivity index (χ0) is 9.68. The maximum absolute atomic E-state index is 6.03. The molecule has 1 aromatic rings. The highest BCUT2D eigenvalue weighted by Gasteiger charge is 2.07. The maximum atomic E-state index is 6.03. The molecule has 0 spiro atoms. The van der Waals surface area contributed by atoms with E-state index >= 15 is 0 Å². The smallest absolute Gasteiger partial charge is 0.0308 e.